The standard InChI is InChI=1S/C28H34N8O3/c1-18-20(14-22(24(31-18)27(2,3)16-29)32-25(38)19-6-8-30-9-7-19)21-15-23(36-10-12-39-13-11-36)34-26(33-21)35-28(4,5)17-37/h6-9,14-15,37H,10-13,17H2,1-5H3,(H,32,38)(H,33,34,35). The topological polar surface area (TPSA) is 149 Å². The van der Waals surface area contributed by atoms with Crippen molar-refractivity contribution in [2.45, 2.75) is 45.6 Å². The summed E-state index contributed by atoms with van der Waals surface area (Å²) in [7, 11) is 0. The van der Waals surface area contributed by atoms with Crippen molar-refractivity contribution in [1.29, 1.82) is 5.26 Å². The van der Waals surface area contributed by atoms with E-state index >= 15 is 0 Å². The van der Waals surface area contributed by atoms with E-state index in [9.17, 15) is 15.2 Å². The first-order valence-electron chi connectivity index (χ1n) is 12.8. The van der Waals surface area contributed by atoms with Gasteiger partial charge in [0.05, 0.1) is 53.9 Å². The van der Waals surface area contributed by atoms with Gasteiger partial charge in [0.2, 0.25) is 5.95 Å². The minimum absolute atomic E-state index is 0.114. The van der Waals surface area contributed by atoms with Crippen LogP contribution in [0.4, 0.5) is 17.5 Å². The minimum atomic E-state index is -0.966. The number of rotatable bonds is 8. The second kappa shape index (κ2) is 11.3. The third-order valence-electron chi connectivity index (χ3n) is 6.44. The van der Waals surface area contributed by atoms with Gasteiger partial charge in [-0.05, 0) is 52.8 Å². The van der Waals surface area contributed by atoms with Crippen molar-refractivity contribution in [3.63, 3.8) is 0 Å². The summed E-state index contributed by atoms with van der Waals surface area (Å²) < 4.78 is 5.51. The molecule has 3 aromatic heterocycles. The number of nitrogens with zero attached hydrogens (tertiary/aromatic N) is 6. The fourth-order valence-corrected chi connectivity index (χ4v) is 4.11. The molecule has 1 saturated heterocycles. The van der Waals surface area contributed by atoms with E-state index in [0.29, 0.717) is 72.0 Å². The number of aliphatic hydroxyl groups is 1. The predicted octanol–water partition coefficient (Wildman–Crippen LogP) is 3.31. The van der Waals surface area contributed by atoms with E-state index in [1.54, 1.807) is 38.4 Å². The van der Waals surface area contributed by atoms with Crippen molar-refractivity contribution >= 4 is 23.4 Å². The molecule has 1 fully saturated rings. The molecule has 0 bridgehead atoms. The van der Waals surface area contributed by atoms with Gasteiger partial charge in [-0.2, -0.15) is 10.2 Å². The second-order valence-corrected chi connectivity index (χ2v) is 10.6. The van der Waals surface area contributed by atoms with Crippen LogP contribution < -0.4 is 15.5 Å². The molecule has 0 atom stereocenters. The smallest absolute Gasteiger partial charge is 0.255 e. The summed E-state index contributed by atoms with van der Waals surface area (Å²) in [4.78, 5) is 33.5. The number of amides is 1. The number of hydrogen-bond donors (Lipinski definition) is 3. The Morgan fingerprint density at radius 3 is 2.46 bits per heavy atom. The van der Waals surface area contributed by atoms with Crippen LogP contribution in [0.5, 0.6) is 0 Å². The lowest BCUT2D eigenvalue weighted by Gasteiger charge is -2.29. The van der Waals surface area contributed by atoms with Crippen molar-refractivity contribution in [2.75, 3.05) is 48.4 Å². The highest BCUT2D eigenvalue weighted by Gasteiger charge is 2.29. The number of aromatic nitrogens is 4. The van der Waals surface area contributed by atoms with Crippen molar-refractivity contribution in [2.24, 2.45) is 0 Å². The maximum atomic E-state index is 13.1. The molecule has 0 aliphatic carbocycles. The number of aliphatic hydroxyl groups excluding tert-OH is 1. The van der Waals surface area contributed by atoms with Gasteiger partial charge in [0.1, 0.15) is 5.82 Å². The molecule has 3 aromatic rings. The molecule has 11 nitrogen and oxygen atoms in total. The molecule has 0 radical (unpaired) electrons. The lowest BCUT2D eigenvalue weighted by atomic mass is 9.88. The Bertz CT molecular complexity index is 1380. The van der Waals surface area contributed by atoms with E-state index in [4.69, 9.17) is 19.7 Å². The maximum absolute atomic E-state index is 13.1. The van der Waals surface area contributed by atoms with Crippen LogP contribution in [-0.2, 0) is 10.2 Å². The molecule has 11 heteroatoms. The van der Waals surface area contributed by atoms with Gasteiger partial charge in [-0.1, -0.05) is 0 Å². The van der Waals surface area contributed by atoms with E-state index in [1.807, 2.05) is 32.9 Å². The molecular weight excluding hydrogens is 496 g/mol. The van der Waals surface area contributed by atoms with Gasteiger partial charge in [0, 0.05) is 48.4 Å². The molecule has 0 aromatic carbocycles. The zero-order valence-electron chi connectivity index (χ0n) is 22.9. The molecule has 0 saturated carbocycles. The number of ether oxygens (including phenoxy) is 1. The highest BCUT2D eigenvalue weighted by molar-refractivity contribution is 6.04. The van der Waals surface area contributed by atoms with E-state index in [1.165, 1.54) is 0 Å². The Morgan fingerprint density at radius 1 is 1.13 bits per heavy atom. The Balaban J connectivity index is 1.85. The second-order valence-electron chi connectivity index (χ2n) is 10.6. The lowest BCUT2D eigenvalue weighted by Crippen LogP contribution is -2.38. The molecule has 4 heterocycles. The molecule has 0 spiro atoms. The molecule has 0 unspecified atom stereocenters. The Morgan fingerprint density at radius 2 is 1.82 bits per heavy atom. The lowest BCUT2D eigenvalue weighted by molar-refractivity contribution is 0.102. The fraction of sp³-hybridized carbons (Fsp3) is 0.429. The summed E-state index contributed by atoms with van der Waals surface area (Å²) in [5.41, 5.74) is 1.60. The highest BCUT2D eigenvalue weighted by Crippen LogP contribution is 2.35. The van der Waals surface area contributed by atoms with Crippen molar-refractivity contribution in [3.8, 4) is 17.3 Å². The third kappa shape index (κ3) is 6.47. The van der Waals surface area contributed by atoms with E-state index in [2.05, 4.69) is 26.6 Å². The predicted molar refractivity (Wildman–Crippen MR) is 149 cm³/mol. The van der Waals surface area contributed by atoms with E-state index < -0.39 is 11.0 Å². The van der Waals surface area contributed by atoms with Gasteiger partial charge in [0.15, 0.2) is 0 Å². The van der Waals surface area contributed by atoms with Gasteiger partial charge in [-0.3, -0.25) is 14.8 Å². The van der Waals surface area contributed by atoms with E-state index in [-0.39, 0.29) is 12.5 Å². The Kier molecular flexibility index (Phi) is 8.09. The summed E-state index contributed by atoms with van der Waals surface area (Å²) in [6.07, 6.45) is 3.09. The van der Waals surface area contributed by atoms with Crippen LogP contribution >= 0.6 is 0 Å². The largest absolute Gasteiger partial charge is 0.394 e. The number of aryl methyl sites for hydroxylation is 1. The van der Waals surface area contributed by atoms with Crippen LogP contribution in [0.25, 0.3) is 11.3 Å². The van der Waals surface area contributed by atoms with Gasteiger partial charge in [-0.15, -0.1) is 0 Å². The molecule has 1 amide bonds. The van der Waals surface area contributed by atoms with Crippen LogP contribution in [0.3, 0.4) is 0 Å². The van der Waals surface area contributed by atoms with Crippen LogP contribution in [0, 0.1) is 18.3 Å². The average molecular weight is 531 g/mol. The van der Waals surface area contributed by atoms with Crippen molar-refractivity contribution in [1.82, 2.24) is 19.9 Å². The summed E-state index contributed by atoms with van der Waals surface area (Å²) in [6.45, 7) is 11.5. The van der Waals surface area contributed by atoms with Crippen LogP contribution in [0.2, 0.25) is 0 Å². The zero-order chi connectivity index (χ0) is 28.2. The molecular formula is C28H34N8O3. The summed E-state index contributed by atoms with van der Waals surface area (Å²) in [5, 5.41) is 25.9. The number of carbonyl (C=O) groups excluding carboxylic acids is 1. The molecule has 1 aliphatic rings. The SMILES string of the molecule is Cc1nc(C(C)(C)C#N)c(NC(=O)c2ccncc2)cc1-c1cc(N2CCOCC2)nc(NC(C)(C)CO)n1. The highest BCUT2D eigenvalue weighted by atomic mass is 16.5. The minimum Gasteiger partial charge on any atom is -0.394 e. The van der Waals surface area contributed by atoms with Gasteiger partial charge >= 0.3 is 0 Å². The van der Waals surface area contributed by atoms with Gasteiger partial charge < -0.3 is 25.4 Å². The summed E-state index contributed by atoms with van der Waals surface area (Å²) in [6, 6.07) is 9.22. The number of nitrogens with one attached hydrogen (secondary N) is 2. The number of carbonyl (C=O) groups is 1. The molecule has 4 rings (SSSR count). The van der Waals surface area contributed by atoms with Crippen LogP contribution in [-0.4, -0.2) is 69.4 Å². The quantitative estimate of drug-likeness (QED) is 0.396. The molecule has 39 heavy (non-hydrogen) atoms. The first-order valence-corrected chi connectivity index (χ1v) is 12.8. The maximum Gasteiger partial charge on any atom is 0.255 e. The van der Waals surface area contributed by atoms with Crippen molar-refractivity contribution in [3.05, 3.63) is 53.6 Å². The van der Waals surface area contributed by atoms with Crippen LogP contribution in [0.1, 0.15) is 49.4 Å². The normalized spacial score (nSPS) is 14.0. The Labute approximate surface area is 228 Å². The van der Waals surface area contributed by atoms with Gasteiger partial charge in [0.25, 0.3) is 5.91 Å². The number of morpholine rings is 1. The Hall–Kier alpha value is -4.14. The first-order chi connectivity index (χ1) is 18.5. The van der Waals surface area contributed by atoms with Crippen LogP contribution in [0.15, 0.2) is 36.7 Å². The fourth-order valence-electron chi connectivity index (χ4n) is 4.11. The number of anilines is 3. The molecule has 1 aliphatic heterocycles. The average Bonchev–Trinajstić information content (AvgIpc) is 2.94. The van der Waals surface area contributed by atoms with Gasteiger partial charge in [-0.25, -0.2) is 4.98 Å². The zero-order valence-corrected chi connectivity index (χ0v) is 22.9. The number of hydrogen-bond acceptors (Lipinski definition) is 10. The van der Waals surface area contributed by atoms with E-state index in [0.717, 1.165) is 0 Å². The number of pyridine rings is 2. The third-order valence-corrected chi connectivity index (χ3v) is 6.44. The first kappa shape index (κ1) is 27.9. The van der Waals surface area contributed by atoms with Crippen molar-refractivity contribution < 1.29 is 14.6 Å². The summed E-state index contributed by atoms with van der Waals surface area (Å²) >= 11 is 0. The monoisotopic (exact) mass is 530 g/mol. The summed E-state index contributed by atoms with van der Waals surface area (Å²) in [5.74, 6) is 0.728. The number of nitriles is 1. The molecule has 204 valence electrons. The molecule has 3 N–H and O–H groups in total.